The Labute approximate surface area is 105 Å². The van der Waals surface area contributed by atoms with Crippen LogP contribution in [0.3, 0.4) is 0 Å². The zero-order chi connectivity index (χ0) is 12.7. The Balaban J connectivity index is 2.19. The average molecular weight is 247 g/mol. The number of methoxy groups -OCH3 is 1. The van der Waals surface area contributed by atoms with Crippen molar-refractivity contribution < 1.29 is 13.7 Å². The molecule has 1 aliphatic rings. The molecule has 0 atom stereocenters. The predicted molar refractivity (Wildman–Crippen MR) is 65.2 cm³/mol. The maximum atomic E-state index is 13.4. The van der Waals surface area contributed by atoms with Gasteiger partial charge >= 0.3 is 0 Å². The van der Waals surface area contributed by atoms with Crippen molar-refractivity contribution in [3.63, 3.8) is 0 Å². The molecule has 1 aliphatic carbocycles. The highest BCUT2D eigenvalue weighted by Crippen LogP contribution is 2.47. The molecule has 0 N–H and O–H groups in total. The lowest BCUT2D eigenvalue weighted by Gasteiger charge is -2.08. The van der Waals surface area contributed by atoms with E-state index >= 15 is 0 Å². The van der Waals surface area contributed by atoms with Crippen molar-refractivity contribution >= 4 is 0 Å². The van der Waals surface area contributed by atoms with Crippen LogP contribution in [0.4, 0.5) is 4.39 Å². The van der Waals surface area contributed by atoms with Crippen LogP contribution >= 0.6 is 0 Å². The molecule has 0 aliphatic heterocycles. The number of halogens is 1. The lowest BCUT2D eigenvalue weighted by molar-refractivity contribution is 0.381. The summed E-state index contributed by atoms with van der Waals surface area (Å²) in [6.07, 6.45) is 2.22. The smallest absolute Gasteiger partial charge is 0.148 e. The fourth-order valence-electron chi connectivity index (χ4n) is 2.21. The molecule has 18 heavy (non-hydrogen) atoms. The summed E-state index contributed by atoms with van der Waals surface area (Å²) in [5.41, 5.74) is 2.38. The molecule has 1 saturated carbocycles. The summed E-state index contributed by atoms with van der Waals surface area (Å²) in [7, 11) is 1.58. The van der Waals surface area contributed by atoms with Gasteiger partial charge in [-0.25, -0.2) is 4.39 Å². The molecule has 1 aromatic heterocycles. The van der Waals surface area contributed by atoms with Crippen LogP contribution < -0.4 is 4.74 Å². The van der Waals surface area contributed by atoms with E-state index in [2.05, 4.69) is 5.16 Å². The van der Waals surface area contributed by atoms with Crippen LogP contribution in [-0.4, -0.2) is 12.3 Å². The Kier molecular flexibility index (Phi) is 2.58. The second-order valence-corrected chi connectivity index (χ2v) is 4.63. The van der Waals surface area contributed by atoms with Gasteiger partial charge in [0.1, 0.15) is 17.3 Å². The van der Waals surface area contributed by atoms with Gasteiger partial charge in [-0.1, -0.05) is 5.16 Å². The molecule has 0 radical (unpaired) electrons. The Bertz CT molecular complexity index is 587. The highest BCUT2D eigenvalue weighted by atomic mass is 19.1. The van der Waals surface area contributed by atoms with E-state index in [1.54, 1.807) is 13.2 Å². The van der Waals surface area contributed by atoms with Crippen LogP contribution in [0.5, 0.6) is 5.75 Å². The summed E-state index contributed by atoms with van der Waals surface area (Å²) in [4.78, 5) is 0. The molecular weight excluding hydrogens is 233 g/mol. The third-order valence-corrected chi connectivity index (χ3v) is 3.27. The minimum atomic E-state index is -0.284. The molecule has 3 rings (SSSR count). The van der Waals surface area contributed by atoms with Crippen LogP contribution in [0, 0.1) is 12.7 Å². The third kappa shape index (κ3) is 1.78. The van der Waals surface area contributed by atoms with Crippen LogP contribution in [0.15, 0.2) is 22.7 Å². The van der Waals surface area contributed by atoms with E-state index in [1.807, 2.05) is 6.92 Å². The van der Waals surface area contributed by atoms with Crippen molar-refractivity contribution in [2.75, 3.05) is 7.11 Å². The van der Waals surface area contributed by atoms with Gasteiger partial charge in [-0.3, -0.25) is 0 Å². The number of aryl methyl sites for hydroxylation is 1. The molecule has 3 nitrogen and oxygen atoms in total. The van der Waals surface area contributed by atoms with Gasteiger partial charge in [0.05, 0.1) is 18.4 Å². The summed E-state index contributed by atoms with van der Waals surface area (Å²) < 4.78 is 24.1. The van der Waals surface area contributed by atoms with Crippen molar-refractivity contribution in [3.05, 3.63) is 35.5 Å². The first-order valence-corrected chi connectivity index (χ1v) is 6.00. The Morgan fingerprint density at radius 1 is 1.39 bits per heavy atom. The van der Waals surface area contributed by atoms with E-state index in [0.717, 1.165) is 35.4 Å². The molecule has 0 bridgehead atoms. The highest BCUT2D eigenvalue weighted by Gasteiger charge is 2.32. The zero-order valence-corrected chi connectivity index (χ0v) is 10.4. The average Bonchev–Trinajstić information content (AvgIpc) is 3.13. The minimum absolute atomic E-state index is 0.284. The number of nitrogens with zero attached hydrogens (tertiary/aromatic N) is 1. The largest absolute Gasteiger partial charge is 0.496 e. The normalized spacial score (nSPS) is 14.8. The fourth-order valence-corrected chi connectivity index (χ4v) is 2.21. The van der Waals surface area contributed by atoms with Crippen molar-refractivity contribution in [1.82, 2.24) is 5.16 Å². The maximum Gasteiger partial charge on any atom is 0.148 e. The van der Waals surface area contributed by atoms with Crippen LogP contribution in [0.25, 0.3) is 11.1 Å². The molecule has 0 unspecified atom stereocenters. The van der Waals surface area contributed by atoms with Gasteiger partial charge in [0, 0.05) is 11.5 Å². The monoisotopic (exact) mass is 247 g/mol. The Hall–Kier alpha value is -1.84. The summed E-state index contributed by atoms with van der Waals surface area (Å²) in [6.45, 7) is 1.87. The zero-order valence-electron chi connectivity index (χ0n) is 10.4. The molecule has 94 valence electrons. The van der Waals surface area contributed by atoms with E-state index < -0.39 is 0 Å². The summed E-state index contributed by atoms with van der Waals surface area (Å²) in [6, 6.07) is 4.50. The molecule has 2 aromatic rings. The summed E-state index contributed by atoms with van der Waals surface area (Å²) >= 11 is 0. The molecule has 1 aromatic carbocycles. The standard InChI is InChI=1S/C14H14FNO2/c1-8-13(14(18-16-8)9-3-4-9)11-7-10(15)5-6-12(11)17-2/h5-7,9H,3-4H2,1-2H3. The van der Waals surface area contributed by atoms with Gasteiger partial charge in [0.15, 0.2) is 0 Å². The maximum absolute atomic E-state index is 13.4. The van der Waals surface area contributed by atoms with Gasteiger partial charge in [-0.2, -0.15) is 0 Å². The predicted octanol–water partition coefficient (Wildman–Crippen LogP) is 3.68. The van der Waals surface area contributed by atoms with Gasteiger partial charge in [0.25, 0.3) is 0 Å². The fraction of sp³-hybridized carbons (Fsp3) is 0.357. The van der Waals surface area contributed by atoms with Gasteiger partial charge in [0.2, 0.25) is 0 Å². The number of hydrogen-bond acceptors (Lipinski definition) is 3. The van der Waals surface area contributed by atoms with Gasteiger partial charge in [-0.05, 0) is 38.0 Å². The number of ether oxygens (including phenoxy) is 1. The first-order chi connectivity index (χ1) is 8.70. The quantitative estimate of drug-likeness (QED) is 0.830. The second kappa shape index (κ2) is 4.12. The van der Waals surface area contributed by atoms with E-state index in [-0.39, 0.29) is 5.82 Å². The second-order valence-electron chi connectivity index (χ2n) is 4.63. The van der Waals surface area contributed by atoms with Crippen molar-refractivity contribution in [2.24, 2.45) is 0 Å². The van der Waals surface area contributed by atoms with E-state index in [1.165, 1.54) is 12.1 Å². The first kappa shape index (κ1) is 11.3. The number of hydrogen-bond donors (Lipinski definition) is 0. The van der Waals surface area contributed by atoms with E-state index in [0.29, 0.717) is 11.7 Å². The van der Waals surface area contributed by atoms with Gasteiger partial charge in [-0.15, -0.1) is 0 Å². The Morgan fingerprint density at radius 3 is 2.83 bits per heavy atom. The number of aromatic nitrogens is 1. The van der Waals surface area contributed by atoms with Crippen LogP contribution in [0.1, 0.15) is 30.2 Å². The number of rotatable bonds is 3. The van der Waals surface area contributed by atoms with E-state index in [9.17, 15) is 4.39 Å². The third-order valence-electron chi connectivity index (χ3n) is 3.27. The molecule has 4 heteroatoms. The minimum Gasteiger partial charge on any atom is -0.496 e. The molecule has 1 heterocycles. The first-order valence-electron chi connectivity index (χ1n) is 6.00. The van der Waals surface area contributed by atoms with Crippen molar-refractivity contribution in [2.45, 2.75) is 25.7 Å². The van der Waals surface area contributed by atoms with E-state index in [4.69, 9.17) is 9.26 Å². The topological polar surface area (TPSA) is 35.3 Å². The Morgan fingerprint density at radius 2 is 2.17 bits per heavy atom. The van der Waals surface area contributed by atoms with Crippen LogP contribution in [0.2, 0.25) is 0 Å². The highest BCUT2D eigenvalue weighted by molar-refractivity contribution is 5.74. The molecule has 1 fully saturated rings. The molecular formula is C14H14FNO2. The summed E-state index contributed by atoms with van der Waals surface area (Å²) in [5.74, 6) is 1.64. The number of benzene rings is 1. The lowest BCUT2D eigenvalue weighted by atomic mass is 10.0. The SMILES string of the molecule is COc1ccc(F)cc1-c1c(C)noc1C1CC1. The molecule has 0 amide bonds. The van der Waals surface area contributed by atoms with Crippen LogP contribution in [-0.2, 0) is 0 Å². The van der Waals surface area contributed by atoms with Crippen molar-refractivity contribution in [1.29, 1.82) is 0 Å². The summed E-state index contributed by atoms with van der Waals surface area (Å²) in [5, 5.41) is 4.01. The molecule has 0 spiro atoms. The lowest BCUT2D eigenvalue weighted by Crippen LogP contribution is -1.92. The van der Waals surface area contributed by atoms with Crippen molar-refractivity contribution in [3.8, 4) is 16.9 Å². The van der Waals surface area contributed by atoms with Gasteiger partial charge < -0.3 is 9.26 Å². The molecule has 0 saturated heterocycles.